The van der Waals surface area contributed by atoms with Gasteiger partial charge in [-0.3, -0.25) is 9.59 Å². The summed E-state index contributed by atoms with van der Waals surface area (Å²) in [7, 11) is 0. The van der Waals surface area contributed by atoms with Crippen molar-refractivity contribution >= 4 is 28.2 Å². The Morgan fingerprint density at radius 3 is 2.83 bits per heavy atom. The molecule has 0 bridgehead atoms. The Balaban J connectivity index is 1.41. The molecule has 1 aromatic heterocycles. The molecular formula is C17H16N2O4S. The van der Waals surface area contributed by atoms with Crippen LogP contribution in [-0.4, -0.2) is 24.6 Å². The van der Waals surface area contributed by atoms with Crippen molar-refractivity contribution in [1.29, 1.82) is 0 Å². The van der Waals surface area contributed by atoms with Crippen LogP contribution in [0, 0.1) is 0 Å². The molecule has 2 heterocycles. The van der Waals surface area contributed by atoms with Gasteiger partial charge in [0.25, 0.3) is 5.91 Å². The first-order chi connectivity index (χ1) is 11.7. The molecule has 2 aliphatic rings. The summed E-state index contributed by atoms with van der Waals surface area (Å²) in [6.07, 6.45) is 2.27. The molecule has 1 aromatic carbocycles. The average Bonchev–Trinajstić information content (AvgIpc) is 3.07. The number of hydrogen-bond acceptors (Lipinski definition) is 5. The molecule has 0 radical (unpaired) electrons. The summed E-state index contributed by atoms with van der Waals surface area (Å²) in [5.41, 5.74) is 1.35. The number of ether oxygens (including phenoxy) is 2. The van der Waals surface area contributed by atoms with E-state index in [0.717, 1.165) is 18.4 Å². The van der Waals surface area contributed by atoms with E-state index in [1.807, 2.05) is 6.07 Å². The van der Waals surface area contributed by atoms with Crippen molar-refractivity contribution < 1.29 is 19.1 Å². The summed E-state index contributed by atoms with van der Waals surface area (Å²) in [5, 5.41) is 8.15. The van der Waals surface area contributed by atoms with Crippen LogP contribution in [0.25, 0.3) is 0 Å². The third kappa shape index (κ3) is 3.21. The summed E-state index contributed by atoms with van der Waals surface area (Å²) in [5.74, 6) is 1.05. The quantitative estimate of drug-likeness (QED) is 0.874. The standard InChI is InChI=1S/C17H16N2O4S/c20-15(8-10-1-4-13-14(7-10)23-9-22-13)19-17-12(5-6-24-17)16(21)18-11-2-3-11/h1,4-7,11H,2-3,8-9H2,(H,18,21)(H,19,20). The lowest BCUT2D eigenvalue weighted by Crippen LogP contribution is -2.26. The molecule has 6 nitrogen and oxygen atoms in total. The number of amides is 2. The minimum Gasteiger partial charge on any atom is -0.454 e. The Morgan fingerprint density at radius 1 is 1.17 bits per heavy atom. The molecule has 0 atom stereocenters. The van der Waals surface area contributed by atoms with Crippen LogP contribution in [0.2, 0.25) is 0 Å². The molecule has 1 fully saturated rings. The summed E-state index contributed by atoms with van der Waals surface area (Å²) in [4.78, 5) is 24.4. The number of thiophene rings is 1. The van der Waals surface area contributed by atoms with Crippen molar-refractivity contribution in [2.45, 2.75) is 25.3 Å². The van der Waals surface area contributed by atoms with Gasteiger partial charge < -0.3 is 20.1 Å². The molecule has 0 spiro atoms. The molecule has 7 heteroatoms. The van der Waals surface area contributed by atoms with Crippen LogP contribution in [0.15, 0.2) is 29.6 Å². The second-order valence-corrected chi connectivity index (χ2v) is 6.74. The maximum Gasteiger partial charge on any atom is 0.254 e. The Labute approximate surface area is 142 Å². The number of rotatable bonds is 5. The number of anilines is 1. The van der Waals surface area contributed by atoms with Gasteiger partial charge in [0, 0.05) is 6.04 Å². The van der Waals surface area contributed by atoms with Crippen LogP contribution in [-0.2, 0) is 11.2 Å². The van der Waals surface area contributed by atoms with E-state index in [1.165, 1.54) is 11.3 Å². The molecule has 2 N–H and O–H groups in total. The summed E-state index contributed by atoms with van der Waals surface area (Å²) < 4.78 is 10.6. The number of carbonyl (C=O) groups excluding carboxylic acids is 2. The normalized spacial score (nSPS) is 15.2. The third-order valence-electron chi connectivity index (χ3n) is 3.88. The highest BCUT2D eigenvalue weighted by atomic mass is 32.1. The maximum absolute atomic E-state index is 12.3. The Bertz CT molecular complexity index is 798. The third-order valence-corrected chi connectivity index (χ3v) is 4.71. The van der Waals surface area contributed by atoms with Crippen LogP contribution in [0.4, 0.5) is 5.00 Å². The van der Waals surface area contributed by atoms with E-state index in [0.29, 0.717) is 22.1 Å². The maximum atomic E-state index is 12.3. The van der Waals surface area contributed by atoms with E-state index < -0.39 is 0 Å². The fraction of sp³-hybridized carbons (Fsp3) is 0.294. The number of nitrogens with one attached hydrogen (secondary N) is 2. The van der Waals surface area contributed by atoms with Crippen LogP contribution >= 0.6 is 11.3 Å². The topological polar surface area (TPSA) is 76.7 Å². The molecule has 2 amide bonds. The highest BCUT2D eigenvalue weighted by Crippen LogP contribution is 2.33. The second kappa shape index (κ2) is 6.16. The minimum absolute atomic E-state index is 0.128. The second-order valence-electron chi connectivity index (χ2n) is 5.82. The van der Waals surface area contributed by atoms with Crippen molar-refractivity contribution in [1.82, 2.24) is 5.32 Å². The lowest BCUT2D eigenvalue weighted by atomic mass is 10.1. The van der Waals surface area contributed by atoms with E-state index in [4.69, 9.17) is 9.47 Å². The summed E-state index contributed by atoms with van der Waals surface area (Å²) >= 11 is 1.35. The largest absolute Gasteiger partial charge is 0.454 e. The molecule has 4 rings (SSSR count). The van der Waals surface area contributed by atoms with Crippen molar-refractivity contribution in [3.8, 4) is 11.5 Å². The number of fused-ring (bicyclic) bond motifs is 1. The van der Waals surface area contributed by atoms with Crippen LogP contribution in [0.5, 0.6) is 11.5 Å². The lowest BCUT2D eigenvalue weighted by Gasteiger charge is -2.07. The van der Waals surface area contributed by atoms with Crippen LogP contribution < -0.4 is 20.1 Å². The van der Waals surface area contributed by atoms with Gasteiger partial charge in [-0.1, -0.05) is 6.07 Å². The van der Waals surface area contributed by atoms with Crippen LogP contribution in [0.1, 0.15) is 28.8 Å². The predicted octanol–water partition coefficient (Wildman–Crippen LogP) is 2.55. The zero-order chi connectivity index (χ0) is 16.5. The molecular weight excluding hydrogens is 328 g/mol. The fourth-order valence-corrected chi connectivity index (χ4v) is 3.28. The van der Waals surface area contributed by atoms with Gasteiger partial charge in [0.1, 0.15) is 5.00 Å². The first kappa shape index (κ1) is 15.0. The molecule has 0 saturated heterocycles. The van der Waals surface area contributed by atoms with Gasteiger partial charge in [-0.05, 0) is 42.0 Å². The first-order valence-electron chi connectivity index (χ1n) is 7.76. The zero-order valence-corrected chi connectivity index (χ0v) is 13.7. The van der Waals surface area contributed by atoms with Gasteiger partial charge >= 0.3 is 0 Å². The summed E-state index contributed by atoms with van der Waals surface area (Å²) in [6, 6.07) is 7.46. The number of hydrogen-bond donors (Lipinski definition) is 2. The fourth-order valence-electron chi connectivity index (χ4n) is 2.48. The van der Waals surface area contributed by atoms with Crippen molar-refractivity contribution in [3.05, 3.63) is 40.8 Å². The Hall–Kier alpha value is -2.54. The van der Waals surface area contributed by atoms with E-state index in [2.05, 4.69) is 10.6 Å². The highest BCUT2D eigenvalue weighted by Gasteiger charge is 2.25. The molecule has 0 unspecified atom stereocenters. The highest BCUT2D eigenvalue weighted by molar-refractivity contribution is 7.14. The van der Waals surface area contributed by atoms with E-state index in [1.54, 1.807) is 23.6 Å². The molecule has 2 aromatic rings. The Kier molecular flexibility index (Phi) is 3.86. The summed E-state index contributed by atoms with van der Waals surface area (Å²) in [6.45, 7) is 0.208. The molecule has 1 saturated carbocycles. The van der Waals surface area contributed by atoms with Gasteiger partial charge in [0.15, 0.2) is 11.5 Å². The van der Waals surface area contributed by atoms with E-state index in [9.17, 15) is 9.59 Å². The van der Waals surface area contributed by atoms with Crippen molar-refractivity contribution in [2.75, 3.05) is 12.1 Å². The monoisotopic (exact) mass is 344 g/mol. The predicted molar refractivity (Wildman–Crippen MR) is 89.7 cm³/mol. The lowest BCUT2D eigenvalue weighted by molar-refractivity contribution is -0.115. The molecule has 1 aliphatic carbocycles. The van der Waals surface area contributed by atoms with Gasteiger partial charge in [0.05, 0.1) is 12.0 Å². The minimum atomic E-state index is -0.170. The van der Waals surface area contributed by atoms with Crippen molar-refractivity contribution in [2.24, 2.45) is 0 Å². The number of benzene rings is 1. The smallest absolute Gasteiger partial charge is 0.254 e. The van der Waals surface area contributed by atoms with E-state index in [-0.39, 0.29) is 31.1 Å². The molecule has 24 heavy (non-hydrogen) atoms. The van der Waals surface area contributed by atoms with Gasteiger partial charge in [-0.25, -0.2) is 0 Å². The van der Waals surface area contributed by atoms with Crippen molar-refractivity contribution in [3.63, 3.8) is 0 Å². The Morgan fingerprint density at radius 2 is 2.00 bits per heavy atom. The molecule has 124 valence electrons. The molecule has 1 aliphatic heterocycles. The first-order valence-corrected chi connectivity index (χ1v) is 8.64. The van der Waals surface area contributed by atoms with Gasteiger partial charge in [-0.15, -0.1) is 11.3 Å². The zero-order valence-electron chi connectivity index (χ0n) is 12.8. The SMILES string of the molecule is O=C(Cc1ccc2c(c1)OCO2)Nc1sccc1C(=O)NC1CC1. The van der Waals surface area contributed by atoms with Crippen LogP contribution in [0.3, 0.4) is 0 Å². The number of carbonyl (C=O) groups is 2. The van der Waals surface area contributed by atoms with Gasteiger partial charge in [0.2, 0.25) is 12.7 Å². The van der Waals surface area contributed by atoms with Gasteiger partial charge in [-0.2, -0.15) is 0 Å². The average molecular weight is 344 g/mol. The van der Waals surface area contributed by atoms with E-state index >= 15 is 0 Å².